The summed E-state index contributed by atoms with van der Waals surface area (Å²) in [7, 11) is 3.96. The van der Waals surface area contributed by atoms with Crippen LogP contribution in [0, 0.1) is 5.92 Å². The summed E-state index contributed by atoms with van der Waals surface area (Å²) in [6.45, 7) is 7.09. The molecular weight excluding hydrogens is 270 g/mol. The molecule has 0 saturated heterocycles. The number of nitrogens with one attached hydrogen (secondary N) is 2. The number of amides is 2. The van der Waals surface area contributed by atoms with Crippen molar-refractivity contribution in [2.45, 2.75) is 33.1 Å². The molecule has 0 rings (SSSR count). The van der Waals surface area contributed by atoms with Crippen LogP contribution in [0.2, 0.25) is 0 Å². The fourth-order valence-corrected chi connectivity index (χ4v) is 1.60. The van der Waals surface area contributed by atoms with Crippen LogP contribution < -0.4 is 10.6 Å². The summed E-state index contributed by atoms with van der Waals surface area (Å²) < 4.78 is 5.47. The monoisotopic (exact) mass is 301 g/mol. The van der Waals surface area contributed by atoms with Gasteiger partial charge in [0.2, 0.25) is 11.8 Å². The second-order valence-electron chi connectivity index (χ2n) is 5.45. The van der Waals surface area contributed by atoms with Gasteiger partial charge in [-0.2, -0.15) is 0 Å². The minimum Gasteiger partial charge on any atom is -0.381 e. The van der Waals surface area contributed by atoms with Crippen molar-refractivity contribution in [3.63, 3.8) is 0 Å². The van der Waals surface area contributed by atoms with Crippen molar-refractivity contribution in [3.8, 4) is 0 Å². The molecule has 0 aromatic rings. The first-order chi connectivity index (χ1) is 9.97. The van der Waals surface area contributed by atoms with Crippen LogP contribution in [0.5, 0.6) is 0 Å². The van der Waals surface area contributed by atoms with Gasteiger partial charge in [-0.25, -0.2) is 0 Å². The molecule has 0 bridgehead atoms. The number of carbonyl (C=O) groups is 2. The van der Waals surface area contributed by atoms with Gasteiger partial charge in [0.15, 0.2) is 0 Å². The lowest BCUT2D eigenvalue weighted by Gasteiger charge is -2.14. The van der Waals surface area contributed by atoms with Gasteiger partial charge in [0.05, 0.1) is 0 Å². The molecule has 0 aromatic heterocycles. The Labute approximate surface area is 128 Å². The normalized spacial score (nSPS) is 12.2. The Morgan fingerprint density at radius 1 is 1.14 bits per heavy atom. The Hall–Kier alpha value is -1.14. The van der Waals surface area contributed by atoms with E-state index in [9.17, 15) is 9.59 Å². The number of nitrogens with zero attached hydrogens (tertiary/aromatic N) is 1. The number of ether oxygens (including phenoxy) is 1. The molecule has 21 heavy (non-hydrogen) atoms. The quantitative estimate of drug-likeness (QED) is 0.519. The van der Waals surface area contributed by atoms with Crippen molar-refractivity contribution in [1.29, 1.82) is 0 Å². The largest absolute Gasteiger partial charge is 0.381 e. The molecule has 0 spiro atoms. The highest BCUT2D eigenvalue weighted by atomic mass is 16.5. The van der Waals surface area contributed by atoms with Crippen LogP contribution >= 0.6 is 0 Å². The molecule has 0 aliphatic heterocycles. The summed E-state index contributed by atoms with van der Waals surface area (Å²) in [4.78, 5) is 24.8. The predicted molar refractivity (Wildman–Crippen MR) is 84.1 cm³/mol. The Balaban J connectivity index is 3.46. The maximum absolute atomic E-state index is 11.8. The van der Waals surface area contributed by atoms with E-state index in [4.69, 9.17) is 4.74 Å². The minimum atomic E-state index is -0.0352. The molecule has 1 atom stereocenters. The lowest BCUT2D eigenvalue weighted by Crippen LogP contribution is -2.35. The maximum Gasteiger partial charge on any atom is 0.222 e. The fourth-order valence-electron chi connectivity index (χ4n) is 1.60. The molecule has 124 valence electrons. The fraction of sp³-hybridized carbons (Fsp3) is 0.867. The van der Waals surface area contributed by atoms with Gasteiger partial charge in [0, 0.05) is 45.2 Å². The third-order valence-corrected chi connectivity index (χ3v) is 3.11. The van der Waals surface area contributed by atoms with Crippen molar-refractivity contribution in [3.05, 3.63) is 0 Å². The molecular formula is C15H31N3O3. The van der Waals surface area contributed by atoms with Crippen LogP contribution in [-0.4, -0.2) is 63.7 Å². The molecule has 0 aliphatic rings. The molecule has 0 aliphatic carbocycles. The van der Waals surface area contributed by atoms with Crippen molar-refractivity contribution in [1.82, 2.24) is 15.5 Å². The molecule has 0 heterocycles. The lowest BCUT2D eigenvalue weighted by atomic mass is 10.1. The van der Waals surface area contributed by atoms with Gasteiger partial charge < -0.3 is 20.3 Å². The number of likely N-dealkylation sites (N-methyl/N-ethyl adjacent to an activating group) is 1. The van der Waals surface area contributed by atoms with Crippen molar-refractivity contribution < 1.29 is 14.3 Å². The van der Waals surface area contributed by atoms with Gasteiger partial charge in [0.1, 0.15) is 0 Å². The molecule has 2 amide bonds. The number of carbonyl (C=O) groups excluding carboxylic acids is 2. The summed E-state index contributed by atoms with van der Waals surface area (Å²) in [6, 6.07) is 0. The molecule has 0 fully saturated rings. The van der Waals surface area contributed by atoms with Crippen molar-refractivity contribution in [2.24, 2.45) is 5.92 Å². The number of hydrogen-bond acceptors (Lipinski definition) is 4. The smallest absolute Gasteiger partial charge is 0.222 e. The van der Waals surface area contributed by atoms with E-state index in [0.29, 0.717) is 32.7 Å². The highest BCUT2D eigenvalue weighted by Crippen LogP contribution is 2.02. The summed E-state index contributed by atoms with van der Waals surface area (Å²) in [5.74, 6) is 0.112. The Morgan fingerprint density at radius 3 is 2.48 bits per heavy atom. The molecule has 0 radical (unpaired) electrons. The van der Waals surface area contributed by atoms with E-state index in [2.05, 4.69) is 10.6 Å². The summed E-state index contributed by atoms with van der Waals surface area (Å²) in [6.07, 6.45) is 2.03. The first-order valence-electron chi connectivity index (χ1n) is 7.74. The highest BCUT2D eigenvalue weighted by Gasteiger charge is 2.11. The predicted octanol–water partition coefficient (Wildman–Crippen LogP) is 0.623. The average molecular weight is 301 g/mol. The Kier molecular flexibility index (Phi) is 11.9. The maximum atomic E-state index is 11.8. The zero-order valence-corrected chi connectivity index (χ0v) is 13.9. The average Bonchev–Trinajstić information content (AvgIpc) is 2.45. The van der Waals surface area contributed by atoms with Gasteiger partial charge in [-0.15, -0.1) is 0 Å². The van der Waals surface area contributed by atoms with Crippen LogP contribution in [-0.2, 0) is 14.3 Å². The van der Waals surface area contributed by atoms with Gasteiger partial charge >= 0.3 is 0 Å². The number of rotatable bonds is 12. The van der Waals surface area contributed by atoms with Gasteiger partial charge in [-0.05, 0) is 26.9 Å². The zero-order chi connectivity index (χ0) is 16.1. The zero-order valence-electron chi connectivity index (χ0n) is 13.9. The van der Waals surface area contributed by atoms with Crippen LogP contribution in [0.3, 0.4) is 0 Å². The van der Waals surface area contributed by atoms with E-state index in [0.717, 1.165) is 19.4 Å². The second-order valence-corrected chi connectivity index (χ2v) is 5.45. The topological polar surface area (TPSA) is 70.7 Å². The molecule has 0 saturated carbocycles. The third-order valence-electron chi connectivity index (χ3n) is 3.11. The van der Waals surface area contributed by atoms with Crippen LogP contribution in [0.4, 0.5) is 0 Å². The van der Waals surface area contributed by atoms with E-state index in [-0.39, 0.29) is 17.7 Å². The van der Waals surface area contributed by atoms with E-state index in [1.54, 1.807) is 0 Å². The van der Waals surface area contributed by atoms with E-state index < -0.39 is 0 Å². The molecule has 2 N–H and O–H groups in total. The second kappa shape index (κ2) is 12.6. The van der Waals surface area contributed by atoms with Crippen LogP contribution in [0.15, 0.2) is 0 Å². The first kappa shape index (κ1) is 19.9. The molecule has 0 aromatic carbocycles. The van der Waals surface area contributed by atoms with Crippen LogP contribution in [0.1, 0.15) is 33.1 Å². The van der Waals surface area contributed by atoms with Gasteiger partial charge in [-0.3, -0.25) is 9.59 Å². The Morgan fingerprint density at radius 2 is 1.86 bits per heavy atom. The van der Waals surface area contributed by atoms with Crippen LogP contribution in [0.25, 0.3) is 0 Å². The van der Waals surface area contributed by atoms with Crippen molar-refractivity contribution >= 4 is 11.8 Å². The van der Waals surface area contributed by atoms with Gasteiger partial charge in [-0.1, -0.05) is 13.8 Å². The van der Waals surface area contributed by atoms with E-state index in [1.165, 1.54) is 0 Å². The Bertz CT molecular complexity index is 296. The first-order valence-corrected chi connectivity index (χ1v) is 7.74. The SMILES string of the molecule is CCC(=O)NCCCOCCC(C)C(=O)NCCN(C)C. The molecule has 6 nitrogen and oxygen atoms in total. The molecule has 1 unspecified atom stereocenters. The summed E-state index contributed by atoms with van der Waals surface area (Å²) in [5, 5.41) is 5.71. The molecule has 6 heteroatoms. The van der Waals surface area contributed by atoms with Crippen molar-refractivity contribution in [2.75, 3.05) is 46.9 Å². The van der Waals surface area contributed by atoms with E-state index in [1.807, 2.05) is 32.8 Å². The highest BCUT2D eigenvalue weighted by molar-refractivity contribution is 5.78. The van der Waals surface area contributed by atoms with E-state index >= 15 is 0 Å². The van der Waals surface area contributed by atoms with Gasteiger partial charge in [0.25, 0.3) is 0 Å². The summed E-state index contributed by atoms with van der Waals surface area (Å²) in [5.41, 5.74) is 0. The lowest BCUT2D eigenvalue weighted by molar-refractivity contribution is -0.125. The minimum absolute atomic E-state index is 0.0352. The third kappa shape index (κ3) is 12.3. The number of hydrogen-bond donors (Lipinski definition) is 2. The summed E-state index contributed by atoms with van der Waals surface area (Å²) >= 11 is 0. The standard InChI is InChI=1S/C15H31N3O3/c1-5-14(19)16-8-6-11-21-12-7-13(2)15(20)17-9-10-18(3)4/h13H,5-12H2,1-4H3,(H,16,19)(H,17,20).